The van der Waals surface area contributed by atoms with E-state index in [4.69, 9.17) is 0 Å². The van der Waals surface area contributed by atoms with Gasteiger partial charge < -0.3 is 4.57 Å². The number of fused-ring (bicyclic) bond motifs is 1. The van der Waals surface area contributed by atoms with Crippen LogP contribution in [0.15, 0.2) is 18.2 Å². The SMILES string of the molecule is Cn1c(C2CCCCC2)nc2cc(C(F)(F)F)ccc21. The number of imidazole rings is 1. The van der Waals surface area contributed by atoms with Crippen molar-refractivity contribution in [2.75, 3.05) is 0 Å². The smallest absolute Gasteiger partial charge is 0.331 e. The van der Waals surface area contributed by atoms with Gasteiger partial charge in [0.2, 0.25) is 0 Å². The van der Waals surface area contributed by atoms with E-state index in [0.717, 1.165) is 36.3 Å². The Morgan fingerprint density at radius 3 is 2.50 bits per heavy atom. The van der Waals surface area contributed by atoms with E-state index < -0.39 is 11.7 Å². The highest BCUT2D eigenvalue weighted by Crippen LogP contribution is 2.35. The van der Waals surface area contributed by atoms with Crippen LogP contribution in [0.4, 0.5) is 13.2 Å². The highest BCUT2D eigenvalue weighted by molar-refractivity contribution is 5.77. The Hall–Kier alpha value is -1.52. The minimum atomic E-state index is -4.31. The first-order valence-corrected chi connectivity index (χ1v) is 7.00. The van der Waals surface area contributed by atoms with Crippen molar-refractivity contribution in [3.8, 4) is 0 Å². The Balaban J connectivity index is 2.04. The molecule has 1 heterocycles. The lowest BCUT2D eigenvalue weighted by Crippen LogP contribution is -2.10. The molecule has 2 aromatic rings. The minimum absolute atomic E-state index is 0.385. The molecule has 0 bridgehead atoms. The van der Waals surface area contributed by atoms with Crippen molar-refractivity contribution in [2.45, 2.75) is 44.2 Å². The van der Waals surface area contributed by atoms with Gasteiger partial charge in [0.1, 0.15) is 5.82 Å². The first kappa shape index (κ1) is 13.5. The van der Waals surface area contributed by atoms with E-state index in [0.29, 0.717) is 11.4 Å². The van der Waals surface area contributed by atoms with Crippen LogP contribution in [0.5, 0.6) is 0 Å². The van der Waals surface area contributed by atoms with E-state index >= 15 is 0 Å². The largest absolute Gasteiger partial charge is 0.416 e. The molecule has 1 aromatic heterocycles. The molecule has 1 fully saturated rings. The van der Waals surface area contributed by atoms with E-state index in [-0.39, 0.29) is 0 Å². The van der Waals surface area contributed by atoms with Crippen LogP contribution in [-0.2, 0) is 13.2 Å². The minimum Gasteiger partial charge on any atom is -0.331 e. The summed E-state index contributed by atoms with van der Waals surface area (Å²) in [5.74, 6) is 1.31. The highest BCUT2D eigenvalue weighted by Gasteiger charge is 2.31. The van der Waals surface area contributed by atoms with Crippen molar-refractivity contribution in [1.82, 2.24) is 9.55 Å². The Bertz CT molecular complexity index is 622. The van der Waals surface area contributed by atoms with E-state index in [1.54, 1.807) is 0 Å². The molecule has 1 aliphatic carbocycles. The molecule has 0 spiro atoms. The summed E-state index contributed by atoms with van der Waals surface area (Å²) in [6.07, 6.45) is 1.48. The third kappa shape index (κ3) is 2.30. The van der Waals surface area contributed by atoms with Crippen LogP contribution >= 0.6 is 0 Å². The van der Waals surface area contributed by atoms with Crippen molar-refractivity contribution in [2.24, 2.45) is 7.05 Å². The van der Waals surface area contributed by atoms with Crippen LogP contribution in [-0.4, -0.2) is 9.55 Å². The molecule has 0 N–H and O–H groups in total. The summed E-state index contributed by atoms with van der Waals surface area (Å²) in [5, 5.41) is 0. The van der Waals surface area contributed by atoms with Gasteiger partial charge in [0.25, 0.3) is 0 Å². The molecule has 0 saturated heterocycles. The molecule has 0 unspecified atom stereocenters. The number of nitrogens with zero attached hydrogens (tertiary/aromatic N) is 2. The fourth-order valence-electron chi connectivity index (χ4n) is 3.12. The van der Waals surface area contributed by atoms with Crippen LogP contribution in [0.1, 0.15) is 49.4 Å². The molecule has 1 saturated carbocycles. The van der Waals surface area contributed by atoms with Crippen molar-refractivity contribution < 1.29 is 13.2 Å². The van der Waals surface area contributed by atoms with Gasteiger partial charge in [-0.25, -0.2) is 4.98 Å². The number of rotatable bonds is 1. The second kappa shape index (κ2) is 4.79. The number of aryl methyl sites for hydroxylation is 1. The topological polar surface area (TPSA) is 17.8 Å². The zero-order valence-corrected chi connectivity index (χ0v) is 11.4. The molecule has 0 radical (unpaired) electrons. The number of hydrogen-bond donors (Lipinski definition) is 0. The molecule has 5 heteroatoms. The Labute approximate surface area is 115 Å². The molecule has 3 rings (SSSR count). The quantitative estimate of drug-likeness (QED) is 0.745. The van der Waals surface area contributed by atoms with Crippen molar-refractivity contribution in [1.29, 1.82) is 0 Å². The van der Waals surface area contributed by atoms with Gasteiger partial charge in [-0.1, -0.05) is 19.3 Å². The number of alkyl halides is 3. The fourth-order valence-corrected chi connectivity index (χ4v) is 3.12. The van der Waals surface area contributed by atoms with Crippen LogP contribution in [0.25, 0.3) is 11.0 Å². The van der Waals surface area contributed by atoms with E-state index in [2.05, 4.69) is 4.98 Å². The summed E-state index contributed by atoms with van der Waals surface area (Å²) in [7, 11) is 1.90. The van der Waals surface area contributed by atoms with Crippen LogP contribution < -0.4 is 0 Å². The van der Waals surface area contributed by atoms with Gasteiger partial charge in [-0.15, -0.1) is 0 Å². The summed E-state index contributed by atoms with van der Waals surface area (Å²) in [5.41, 5.74) is 0.597. The van der Waals surface area contributed by atoms with Gasteiger partial charge in [0, 0.05) is 13.0 Å². The maximum absolute atomic E-state index is 12.7. The first-order valence-electron chi connectivity index (χ1n) is 7.00. The van der Waals surface area contributed by atoms with Gasteiger partial charge in [-0.05, 0) is 31.0 Å². The summed E-state index contributed by atoms with van der Waals surface area (Å²) < 4.78 is 40.2. The molecule has 0 amide bonds. The fraction of sp³-hybridized carbons (Fsp3) is 0.533. The van der Waals surface area contributed by atoms with Crippen LogP contribution in [0, 0.1) is 0 Å². The first-order chi connectivity index (χ1) is 9.47. The van der Waals surface area contributed by atoms with Gasteiger partial charge in [0.05, 0.1) is 16.6 Å². The molecule has 0 aliphatic heterocycles. The predicted molar refractivity (Wildman–Crippen MR) is 71.5 cm³/mol. The lowest BCUT2D eigenvalue weighted by molar-refractivity contribution is -0.137. The van der Waals surface area contributed by atoms with Gasteiger partial charge in [0.15, 0.2) is 0 Å². The molecular weight excluding hydrogens is 265 g/mol. The molecule has 1 aromatic carbocycles. The average Bonchev–Trinajstić information content (AvgIpc) is 2.76. The average molecular weight is 282 g/mol. The standard InChI is InChI=1S/C15H17F3N2/c1-20-13-8-7-11(15(16,17)18)9-12(13)19-14(20)10-5-3-2-4-6-10/h7-10H,2-6H2,1H3. The summed E-state index contributed by atoms with van der Waals surface area (Å²) in [6.45, 7) is 0. The number of aromatic nitrogens is 2. The molecule has 2 nitrogen and oxygen atoms in total. The lowest BCUT2D eigenvalue weighted by Gasteiger charge is -2.20. The Morgan fingerprint density at radius 1 is 1.15 bits per heavy atom. The monoisotopic (exact) mass is 282 g/mol. The normalized spacial score (nSPS) is 17.8. The van der Waals surface area contributed by atoms with Crippen LogP contribution in [0.2, 0.25) is 0 Å². The van der Waals surface area contributed by atoms with Crippen LogP contribution in [0.3, 0.4) is 0 Å². The van der Waals surface area contributed by atoms with Gasteiger partial charge >= 0.3 is 6.18 Å². The number of benzene rings is 1. The van der Waals surface area contributed by atoms with E-state index in [1.807, 2.05) is 11.6 Å². The molecule has 1 aliphatic rings. The maximum atomic E-state index is 12.7. The van der Waals surface area contributed by atoms with E-state index in [1.165, 1.54) is 25.3 Å². The zero-order valence-electron chi connectivity index (χ0n) is 11.4. The molecule has 20 heavy (non-hydrogen) atoms. The zero-order chi connectivity index (χ0) is 14.3. The summed E-state index contributed by atoms with van der Waals surface area (Å²) in [4.78, 5) is 4.47. The Kier molecular flexibility index (Phi) is 3.22. The summed E-state index contributed by atoms with van der Waals surface area (Å²) in [6, 6.07) is 3.81. The second-order valence-electron chi connectivity index (χ2n) is 5.57. The summed E-state index contributed by atoms with van der Waals surface area (Å²) >= 11 is 0. The van der Waals surface area contributed by atoms with Crippen molar-refractivity contribution in [3.05, 3.63) is 29.6 Å². The second-order valence-corrected chi connectivity index (χ2v) is 5.57. The van der Waals surface area contributed by atoms with E-state index in [9.17, 15) is 13.2 Å². The molecular formula is C15H17F3N2. The molecule has 0 atom stereocenters. The number of hydrogen-bond acceptors (Lipinski definition) is 1. The number of halogens is 3. The predicted octanol–water partition coefficient (Wildman–Crippen LogP) is 4.64. The van der Waals surface area contributed by atoms with Gasteiger partial charge in [-0.3, -0.25) is 0 Å². The van der Waals surface area contributed by atoms with Gasteiger partial charge in [-0.2, -0.15) is 13.2 Å². The molecule has 108 valence electrons. The van der Waals surface area contributed by atoms with Crippen molar-refractivity contribution in [3.63, 3.8) is 0 Å². The maximum Gasteiger partial charge on any atom is 0.416 e. The highest BCUT2D eigenvalue weighted by atomic mass is 19.4. The third-order valence-electron chi connectivity index (χ3n) is 4.21. The lowest BCUT2D eigenvalue weighted by atomic mass is 9.89. The third-order valence-corrected chi connectivity index (χ3v) is 4.21. The van der Waals surface area contributed by atoms with Crippen molar-refractivity contribution >= 4 is 11.0 Å². The Morgan fingerprint density at radius 2 is 1.85 bits per heavy atom.